The third-order valence-electron chi connectivity index (χ3n) is 5.51. The fourth-order valence-corrected chi connectivity index (χ4v) is 4.46. The molecule has 2 aromatic rings. The molecule has 0 spiro atoms. The molecule has 1 aromatic heterocycles. The molecule has 1 atom stereocenters. The van der Waals surface area contributed by atoms with Crippen LogP contribution in [0, 0.1) is 5.92 Å². The van der Waals surface area contributed by atoms with E-state index in [1.165, 1.54) is 25.5 Å². The molecule has 1 unspecified atom stereocenters. The van der Waals surface area contributed by atoms with Gasteiger partial charge >= 0.3 is 5.97 Å². The number of hydrogen-bond acceptors (Lipinski definition) is 6. The highest BCUT2D eigenvalue weighted by molar-refractivity contribution is 7.89. The average Bonchev–Trinajstić information content (AvgIpc) is 3.46. The van der Waals surface area contributed by atoms with Gasteiger partial charge in [0.1, 0.15) is 11.4 Å². The van der Waals surface area contributed by atoms with E-state index in [1.54, 1.807) is 18.2 Å². The Morgan fingerprint density at radius 3 is 2.61 bits per heavy atom. The lowest BCUT2D eigenvalue weighted by Crippen LogP contribution is -2.52. The molecule has 0 saturated heterocycles. The van der Waals surface area contributed by atoms with Crippen LogP contribution < -0.4 is 5.32 Å². The lowest BCUT2D eigenvalue weighted by Gasteiger charge is -2.28. The highest BCUT2D eigenvalue weighted by Crippen LogP contribution is 2.40. The van der Waals surface area contributed by atoms with Crippen molar-refractivity contribution in [1.29, 1.82) is 0 Å². The van der Waals surface area contributed by atoms with Gasteiger partial charge in [-0.25, -0.2) is 17.7 Å². The number of methoxy groups -OCH3 is 1. The van der Waals surface area contributed by atoms with E-state index in [9.17, 15) is 13.2 Å². The van der Waals surface area contributed by atoms with Gasteiger partial charge < -0.3 is 9.30 Å². The quantitative estimate of drug-likeness (QED) is 0.669. The minimum Gasteiger partial charge on any atom is -0.468 e. The molecule has 3 rings (SSSR count). The van der Waals surface area contributed by atoms with Crippen molar-refractivity contribution in [3.63, 3.8) is 0 Å². The summed E-state index contributed by atoms with van der Waals surface area (Å²) in [5, 5.41) is 3.34. The van der Waals surface area contributed by atoms with E-state index in [2.05, 4.69) is 10.3 Å². The Bertz CT molecular complexity index is 995. The van der Waals surface area contributed by atoms with Crippen LogP contribution in [0.1, 0.15) is 32.5 Å². The van der Waals surface area contributed by atoms with Crippen LogP contribution in [0.2, 0.25) is 0 Å². The summed E-state index contributed by atoms with van der Waals surface area (Å²) >= 11 is 0. The summed E-state index contributed by atoms with van der Waals surface area (Å²) in [5.74, 6) is 0.748. The Hall–Kier alpha value is -1.97. The van der Waals surface area contributed by atoms with Gasteiger partial charge in [-0.05, 0) is 50.8 Å². The first kappa shape index (κ1) is 20.8. The summed E-state index contributed by atoms with van der Waals surface area (Å²) in [6.45, 7) is 4.96. The molecule has 0 amide bonds. The summed E-state index contributed by atoms with van der Waals surface area (Å²) in [4.78, 5) is 17.2. The van der Waals surface area contributed by atoms with Crippen LogP contribution in [0.3, 0.4) is 0 Å². The lowest BCUT2D eigenvalue weighted by atomic mass is 9.96. The molecular weight excluding hydrogens is 380 g/mol. The number of benzene rings is 1. The highest BCUT2D eigenvalue weighted by Gasteiger charge is 2.48. The van der Waals surface area contributed by atoms with Crippen molar-refractivity contribution in [3.8, 4) is 0 Å². The number of esters is 1. The molecule has 154 valence electrons. The standard InChI is InChI=1S/C19H28N4O4S/c1-6-23-16-10-9-14(28(25,26)22(3)4)11-15(16)21-17(23)12-20-19(2,13-7-8-13)18(24)27-5/h9-11,13,20H,6-8,12H2,1-5H3. The Kier molecular flexibility index (Phi) is 5.53. The number of aryl methyl sites for hydroxylation is 1. The van der Waals surface area contributed by atoms with E-state index >= 15 is 0 Å². The Morgan fingerprint density at radius 2 is 2.07 bits per heavy atom. The zero-order valence-electron chi connectivity index (χ0n) is 17.0. The van der Waals surface area contributed by atoms with Gasteiger partial charge in [0.15, 0.2) is 0 Å². The van der Waals surface area contributed by atoms with Crippen LogP contribution in [0.25, 0.3) is 11.0 Å². The molecule has 0 bridgehead atoms. The number of nitrogens with zero attached hydrogens (tertiary/aromatic N) is 3. The van der Waals surface area contributed by atoms with Crippen LogP contribution in [0.4, 0.5) is 0 Å². The largest absolute Gasteiger partial charge is 0.468 e. The second-order valence-electron chi connectivity index (χ2n) is 7.53. The van der Waals surface area contributed by atoms with Gasteiger partial charge in [0, 0.05) is 20.6 Å². The number of ether oxygens (including phenoxy) is 1. The average molecular weight is 409 g/mol. The van der Waals surface area contributed by atoms with E-state index in [0.717, 1.165) is 24.2 Å². The first-order valence-electron chi connectivity index (χ1n) is 9.40. The number of carbonyl (C=O) groups is 1. The van der Waals surface area contributed by atoms with Gasteiger partial charge in [-0.2, -0.15) is 0 Å². The molecule has 1 aliphatic rings. The maximum Gasteiger partial charge on any atom is 0.326 e. The van der Waals surface area contributed by atoms with Crippen LogP contribution in [0.15, 0.2) is 23.1 Å². The predicted molar refractivity (Wildman–Crippen MR) is 106 cm³/mol. The van der Waals surface area contributed by atoms with Gasteiger partial charge in [-0.1, -0.05) is 0 Å². The molecule has 1 N–H and O–H groups in total. The van der Waals surface area contributed by atoms with E-state index in [1.807, 2.05) is 18.4 Å². The second kappa shape index (κ2) is 7.46. The molecule has 1 saturated carbocycles. The first-order chi connectivity index (χ1) is 13.1. The van der Waals surface area contributed by atoms with Crippen molar-refractivity contribution in [3.05, 3.63) is 24.0 Å². The topological polar surface area (TPSA) is 93.5 Å². The van der Waals surface area contributed by atoms with Crippen molar-refractivity contribution in [2.75, 3.05) is 21.2 Å². The zero-order valence-corrected chi connectivity index (χ0v) is 17.8. The van der Waals surface area contributed by atoms with E-state index in [0.29, 0.717) is 18.6 Å². The monoisotopic (exact) mass is 408 g/mol. The second-order valence-corrected chi connectivity index (χ2v) is 9.68. The number of sulfonamides is 1. The Morgan fingerprint density at radius 1 is 1.39 bits per heavy atom. The number of fused-ring (bicyclic) bond motifs is 1. The number of imidazole rings is 1. The van der Waals surface area contributed by atoms with Crippen molar-refractivity contribution < 1.29 is 17.9 Å². The smallest absolute Gasteiger partial charge is 0.326 e. The third kappa shape index (κ3) is 3.54. The summed E-state index contributed by atoms with van der Waals surface area (Å²) in [6, 6.07) is 4.98. The summed E-state index contributed by atoms with van der Waals surface area (Å²) in [6.07, 6.45) is 1.99. The Balaban J connectivity index is 1.94. The molecule has 9 heteroatoms. The van der Waals surface area contributed by atoms with Crippen LogP contribution in [0.5, 0.6) is 0 Å². The van der Waals surface area contributed by atoms with Gasteiger partial charge in [0.2, 0.25) is 10.0 Å². The maximum atomic E-state index is 12.4. The first-order valence-corrected chi connectivity index (χ1v) is 10.8. The van der Waals surface area contributed by atoms with Crippen molar-refractivity contribution >= 4 is 27.0 Å². The van der Waals surface area contributed by atoms with Gasteiger partial charge in [0.25, 0.3) is 0 Å². The third-order valence-corrected chi connectivity index (χ3v) is 7.32. The van der Waals surface area contributed by atoms with Crippen molar-refractivity contribution in [1.82, 2.24) is 19.2 Å². The molecule has 0 aliphatic heterocycles. The van der Waals surface area contributed by atoms with Crippen LogP contribution >= 0.6 is 0 Å². The summed E-state index contributed by atoms with van der Waals surface area (Å²) in [7, 11) is 0.887. The van der Waals surface area contributed by atoms with Gasteiger partial charge in [-0.15, -0.1) is 0 Å². The summed E-state index contributed by atoms with van der Waals surface area (Å²) in [5.41, 5.74) is 0.737. The molecule has 8 nitrogen and oxygen atoms in total. The molecule has 28 heavy (non-hydrogen) atoms. The number of hydrogen-bond donors (Lipinski definition) is 1. The van der Waals surface area contributed by atoms with Crippen LogP contribution in [-0.2, 0) is 32.6 Å². The number of nitrogens with one attached hydrogen (secondary N) is 1. The van der Waals surface area contributed by atoms with E-state index < -0.39 is 15.6 Å². The van der Waals surface area contributed by atoms with Crippen LogP contribution in [-0.4, -0.2) is 55.0 Å². The minimum absolute atomic E-state index is 0.211. The molecule has 1 aromatic carbocycles. The SMILES string of the molecule is CCn1c(CNC(C)(C(=O)OC)C2CC2)nc2cc(S(=O)(=O)N(C)C)ccc21. The molecular formula is C19H28N4O4S. The van der Waals surface area contributed by atoms with Crippen molar-refractivity contribution in [2.24, 2.45) is 5.92 Å². The van der Waals surface area contributed by atoms with E-state index in [4.69, 9.17) is 4.74 Å². The number of rotatable bonds is 8. The predicted octanol–water partition coefficient (Wildman–Crippen LogP) is 1.74. The van der Waals surface area contributed by atoms with Crippen molar-refractivity contribution in [2.45, 2.75) is 50.2 Å². The normalized spacial score (nSPS) is 17.1. The molecule has 0 radical (unpaired) electrons. The lowest BCUT2D eigenvalue weighted by molar-refractivity contribution is -0.149. The fraction of sp³-hybridized carbons (Fsp3) is 0.579. The van der Waals surface area contributed by atoms with Gasteiger partial charge in [-0.3, -0.25) is 10.1 Å². The zero-order chi connectivity index (χ0) is 20.7. The van der Waals surface area contributed by atoms with E-state index in [-0.39, 0.29) is 16.8 Å². The summed E-state index contributed by atoms with van der Waals surface area (Å²) < 4.78 is 33.0. The molecule has 1 heterocycles. The fourth-order valence-electron chi connectivity index (χ4n) is 3.54. The minimum atomic E-state index is -3.52. The number of aromatic nitrogens is 2. The maximum absolute atomic E-state index is 12.4. The Labute approximate surface area is 165 Å². The molecule has 1 aliphatic carbocycles. The van der Waals surface area contributed by atoms with Gasteiger partial charge in [0.05, 0.1) is 29.6 Å². The highest BCUT2D eigenvalue weighted by atomic mass is 32.2. The number of carbonyl (C=O) groups excluding carboxylic acids is 1. The molecule has 1 fully saturated rings.